The van der Waals surface area contributed by atoms with Crippen LogP contribution < -0.4 is 9.62 Å². The number of hydrogen-bond donors (Lipinski definition) is 1. The number of nitrogens with one attached hydrogen (secondary N) is 1. The zero-order valence-corrected chi connectivity index (χ0v) is 16.3. The average Bonchev–Trinajstić information content (AvgIpc) is 2.77. The van der Waals surface area contributed by atoms with Crippen LogP contribution in [0.3, 0.4) is 0 Å². The van der Waals surface area contributed by atoms with Gasteiger partial charge < -0.3 is 5.32 Å². The summed E-state index contributed by atoms with van der Waals surface area (Å²) in [7, 11) is -3.81. The van der Waals surface area contributed by atoms with Gasteiger partial charge in [-0.25, -0.2) is 12.7 Å². The van der Waals surface area contributed by atoms with Crippen LogP contribution in [0, 0.1) is 5.41 Å². The van der Waals surface area contributed by atoms with Gasteiger partial charge in [0, 0.05) is 6.20 Å². The molecule has 7 nitrogen and oxygen atoms in total. The maximum atomic E-state index is 12.5. The summed E-state index contributed by atoms with van der Waals surface area (Å²) in [4.78, 5) is 29.1. The third-order valence-corrected chi connectivity index (χ3v) is 6.52. The number of benzene rings is 1. The molecule has 1 fully saturated rings. The molecule has 1 aliphatic rings. The lowest BCUT2D eigenvalue weighted by Crippen LogP contribution is -2.33. The van der Waals surface area contributed by atoms with E-state index in [2.05, 4.69) is 10.3 Å². The number of amides is 2. The minimum atomic E-state index is -3.81. The predicted octanol–water partition coefficient (Wildman–Crippen LogP) is 2.37. The van der Waals surface area contributed by atoms with Crippen LogP contribution in [0.4, 0.5) is 5.69 Å². The lowest BCUT2D eigenvalue weighted by Gasteiger charge is -2.18. The highest BCUT2D eigenvalue weighted by Gasteiger charge is 2.50. The number of nitrogens with zero attached hydrogens (tertiary/aromatic N) is 2. The molecule has 1 aliphatic heterocycles. The van der Waals surface area contributed by atoms with E-state index >= 15 is 0 Å². The van der Waals surface area contributed by atoms with Crippen molar-refractivity contribution >= 4 is 39.1 Å². The van der Waals surface area contributed by atoms with Gasteiger partial charge in [-0.1, -0.05) is 17.7 Å². The first kappa shape index (κ1) is 19.3. The molecule has 27 heavy (non-hydrogen) atoms. The minimum absolute atomic E-state index is 0.0813. The summed E-state index contributed by atoms with van der Waals surface area (Å²) in [5, 5.41) is 2.84. The van der Waals surface area contributed by atoms with Gasteiger partial charge in [-0.05, 0) is 44.2 Å². The van der Waals surface area contributed by atoms with Crippen molar-refractivity contribution in [3.8, 4) is 0 Å². The molecular formula is C18H18ClN3O4S. The van der Waals surface area contributed by atoms with Gasteiger partial charge in [0.25, 0.3) is 5.91 Å². The first-order chi connectivity index (χ1) is 12.6. The molecule has 0 saturated carbocycles. The number of rotatable bonds is 4. The summed E-state index contributed by atoms with van der Waals surface area (Å²) < 4.78 is 25.6. The fourth-order valence-corrected chi connectivity index (χ4v) is 5.15. The zero-order chi connectivity index (χ0) is 19.8. The number of aromatic nitrogens is 1. The maximum absolute atomic E-state index is 12.5. The predicted molar refractivity (Wildman–Crippen MR) is 102 cm³/mol. The first-order valence-corrected chi connectivity index (χ1v) is 10.2. The Bertz CT molecular complexity index is 1010. The number of hydrogen-bond acceptors (Lipinski definition) is 5. The van der Waals surface area contributed by atoms with Crippen molar-refractivity contribution in [2.75, 3.05) is 10.1 Å². The second-order valence-electron chi connectivity index (χ2n) is 6.88. The fourth-order valence-electron chi connectivity index (χ4n) is 2.84. The van der Waals surface area contributed by atoms with E-state index in [1.807, 2.05) is 0 Å². The Balaban J connectivity index is 1.88. The molecule has 0 unspecified atom stereocenters. The number of anilines is 1. The van der Waals surface area contributed by atoms with Gasteiger partial charge in [-0.15, -0.1) is 0 Å². The molecule has 0 spiro atoms. The summed E-state index contributed by atoms with van der Waals surface area (Å²) >= 11 is 6.11. The van der Waals surface area contributed by atoms with Crippen molar-refractivity contribution in [3.63, 3.8) is 0 Å². The van der Waals surface area contributed by atoms with E-state index in [1.165, 1.54) is 18.2 Å². The summed E-state index contributed by atoms with van der Waals surface area (Å²) in [6.45, 7) is 3.33. The van der Waals surface area contributed by atoms with Gasteiger partial charge in [0.15, 0.2) is 0 Å². The van der Waals surface area contributed by atoms with Gasteiger partial charge >= 0.3 is 0 Å². The normalized spacial score (nSPS) is 17.7. The molecular weight excluding hydrogens is 390 g/mol. The molecule has 1 aromatic heterocycles. The maximum Gasteiger partial charge on any atom is 0.253 e. The highest BCUT2D eigenvalue weighted by atomic mass is 35.5. The summed E-state index contributed by atoms with van der Waals surface area (Å²) in [6, 6.07) is 9.45. The SMILES string of the molecule is CC1(C)CS(=O)(=O)N(c2ccc(Cl)c(C(=O)NCc3ccccn3)c2)C1=O. The third kappa shape index (κ3) is 3.81. The van der Waals surface area contributed by atoms with E-state index in [0.29, 0.717) is 5.69 Å². The van der Waals surface area contributed by atoms with Crippen LogP contribution >= 0.6 is 11.6 Å². The van der Waals surface area contributed by atoms with Crippen LogP contribution in [0.25, 0.3) is 0 Å². The minimum Gasteiger partial charge on any atom is -0.346 e. The second-order valence-corrected chi connectivity index (χ2v) is 9.10. The number of sulfonamides is 1. The molecule has 142 valence electrons. The van der Waals surface area contributed by atoms with Gasteiger partial charge in [-0.3, -0.25) is 14.6 Å². The van der Waals surface area contributed by atoms with Crippen molar-refractivity contribution in [1.82, 2.24) is 10.3 Å². The Kier molecular flexibility index (Phi) is 4.96. The number of pyridine rings is 1. The molecule has 3 rings (SSSR count). The Morgan fingerprint density at radius 1 is 1.30 bits per heavy atom. The van der Waals surface area contributed by atoms with Crippen molar-refractivity contribution in [1.29, 1.82) is 0 Å². The Morgan fingerprint density at radius 2 is 2.04 bits per heavy atom. The number of carbonyl (C=O) groups excluding carboxylic acids is 2. The first-order valence-electron chi connectivity index (χ1n) is 8.17. The summed E-state index contributed by atoms with van der Waals surface area (Å²) in [5.41, 5.74) is -0.187. The van der Waals surface area contributed by atoms with Gasteiger partial charge in [0.1, 0.15) is 0 Å². The highest BCUT2D eigenvalue weighted by molar-refractivity contribution is 7.94. The van der Waals surface area contributed by atoms with E-state index in [9.17, 15) is 18.0 Å². The Labute approximate surface area is 162 Å². The third-order valence-electron chi connectivity index (χ3n) is 4.17. The highest BCUT2D eigenvalue weighted by Crippen LogP contribution is 2.36. The number of halogens is 1. The average molecular weight is 408 g/mol. The topological polar surface area (TPSA) is 96.4 Å². The zero-order valence-electron chi connectivity index (χ0n) is 14.8. The van der Waals surface area contributed by atoms with Crippen molar-refractivity contribution in [3.05, 3.63) is 58.9 Å². The molecule has 0 radical (unpaired) electrons. The molecule has 2 amide bonds. The quantitative estimate of drug-likeness (QED) is 0.839. The van der Waals surface area contributed by atoms with Crippen LogP contribution in [-0.2, 0) is 21.4 Å². The van der Waals surface area contributed by atoms with Crippen LogP contribution in [0.15, 0.2) is 42.6 Å². The van der Waals surface area contributed by atoms with Gasteiger partial charge in [-0.2, -0.15) is 0 Å². The molecule has 1 aromatic carbocycles. The molecule has 9 heteroatoms. The molecule has 2 aromatic rings. The molecule has 0 bridgehead atoms. The van der Waals surface area contributed by atoms with E-state index in [0.717, 1.165) is 4.31 Å². The van der Waals surface area contributed by atoms with Crippen LogP contribution in [-0.4, -0.2) is 31.0 Å². The van der Waals surface area contributed by atoms with Crippen molar-refractivity contribution < 1.29 is 18.0 Å². The van der Waals surface area contributed by atoms with E-state index in [1.54, 1.807) is 38.2 Å². The lowest BCUT2D eigenvalue weighted by molar-refractivity contribution is -0.123. The summed E-state index contributed by atoms with van der Waals surface area (Å²) in [6.07, 6.45) is 1.61. The van der Waals surface area contributed by atoms with E-state index in [-0.39, 0.29) is 28.6 Å². The van der Waals surface area contributed by atoms with Crippen LogP contribution in [0.2, 0.25) is 5.02 Å². The Hall–Kier alpha value is -2.45. The number of carbonyl (C=O) groups is 2. The van der Waals surface area contributed by atoms with Crippen molar-refractivity contribution in [2.45, 2.75) is 20.4 Å². The molecule has 1 saturated heterocycles. The van der Waals surface area contributed by atoms with E-state index < -0.39 is 27.3 Å². The van der Waals surface area contributed by atoms with Gasteiger partial charge in [0.05, 0.1) is 39.7 Å². The second kappa shape index (κ2) is 6.94. The molecule has 1 N–H and O–H groups in total. The smallest absolute Gasteiger partial charge is 0.253 e. The molecule has 2 heterocycles. The monoisotopic (exact) mass is 407 g/mol. The lowest BCUT2D eigenvalue weighted by atomic mass is 9.95. The van der Waals surface area contributed by atoms with E-state index in [4.69, 9.17) is 11.6 Å². The van der Waals surface area contributed by atoms with Crippen molar-refractivity contribution in [2.24, 2.45) is 5.41 Å². The molecule has 0 atom stereocenters. The fraction of sp³-hybridized carbons (Fsp3) is 0.278. The van der Waals surface area contributed by atoms with Gasteiger partial charge in [0.2, 0.25) is 15.9 Å². The van der Waals surface area contributed by atoms with Crippen LogP contribution in [0.1, 0.15) is 29.9 Å². The molecule has 0 aliphatic carbocycles. The summed E-state index contributed by atoms with van der Waals surface area (Å²) in [5.74, 6) is -1.32. The largest absolute Gasteiger partial charge is 0.346 e. The standard InChI is InChI=1S/C18H18ClN3O4S/c1-18(2)11-27(25,26)22(17(18)24)13-6-7-15(19)14(9-13)16(23)21-10-12-5-3-4-8-20-12/h3-9H,10-11H2,1-2H3,(H,21,23). The Morgan fingerprint density at radius 3 is 2.63 bits per heavy atom. The van der Waals surface area contributed by atoms with Crippen LogP contribution in [0.5, 0.6) is 0 Å².